The van der Waals surface area contributed by atoms with E-state index < -0.39 is 12.1 Å². The molecular weight excluding hydrogens is 445 g/mol. The van der Waals surface area contributed by atoms with Crippen molar-refractivity contribution in [3.05, 3.63) is 52.6 Å². The van der Waals surface area contributed by atoms with Gasteiger partial charge in [0.2, 0.25) is 5.95 Å². The Labute approximate surface area is 197 Å². The summed E-state index contributed by atoms with van der Waals surface area (Å²) in [4.78, 5) is 23.1. The fourth-order valence-electron chi connectivity index (χ4n) is 5.56. The van der Waals surface area contributed by atoms with Crippen LogP contribution >= 0.6 is 11.6 Å². The smallest absolute Gasteiger partial charge is 0.225 e. The fourth-order valence-corrected chi connectivity index (χ4v) is 5.65. The molecule has 2 aromatic rings. The molecule has 1 aromatic carbocycles. The molecule has 2 saturated heterocycles. The van der Waals surface area contributed by atoms with Crippen molar-refractivity contribution in [2.75, 3.05) is 31.2 Å². The lowest BCUT2D eigenvalue weighted by atomic mass is 9.87. The molecule has 3 heterocycles. The zero-order valence-electron chi connectivity index (χ0n) is 18.4. The van der Waals surface area contributed by atoms with Crippen LogP contribution < -0.4 is 4.90 Å². The first-order valence-corrected chi connectivity index (χ1v) is 12.2. The first-order chi connectivity index (χ1) is 16.0. The predicted molar refractivity (Wildman–Crippen MR) is 121 cm³/mol. The lowest BCUT2D eigenvalue weighted by Gasteiger charge is -2.35. The largest absolute Gasteiger partial charge is 0.348 e. The van der Waals surface area contributed by atoms with Gasteiger partial charge in [-0.05, 0) is 56.1 Å². The van der Waals surface area contributed by atoms with Gasteiger partial charge in [0.05, 0.1) is 36.2 Å². The second-order valence-electron chi connectivity index (χ2n) is 10.0. The number of anilines is 1. The Kier molecular flexibility index (Phi) is 5.39. The summed E-state index contributed by atoms with van der Waals surface area (Å²) in [5.41, 5.74) is 0.912. The van der Waals surface area contributed by atoms with Crippen LogP contribution in [0.1, 0.15) is 54.3 Å². The maximum absolute atomic E-state index is 14.5. The van der Waals surface area contributed by atoms with Crippen LogP contribution in [0.4, 0.5) is 10.3 Å². The van der Waals surface area contributed by atoms with Gasteiger partial charge in [0.15, 0.2) is 12.1 Å². The van der Waals surface area contributed by atoms with Crippen molar-refractivity contribution in [1.29, 1.82) is 0 Å². The van der Waals surface area contributed by atoms with Crippen molar-refractivity contribution in [1.82, 2.24) is 9.97 Å². The number of aromatic nitrogens is 2. The van der Waals surface area contributed by atoms with Gasteiger partial charge in [-0.3, -0.25) is 4.79 Å². The molecule has 1 spiro atoms. The second-order valence-corrected chi connectivity index (χ2v) is 10.5. The molecule has 2 aliphatic heterocycles. The minimum atomic E-state index is -0.569. The first-order valence-electron chi connectivity index (χ1n) is 11.8. The highest BCUT2D eigenvalue weighted by molar-refractivity contribution is 6.30. The summed E-state index contributed by atoms with van der Waals surface area (Å²) in [6.07, 6.45) is 7.77. The number of nitrogens with zero attached hydrogens (tertiary/aromatic N) is 3. The molecule has 0 radical (unpaired) electrons. The third-order valence-electron chi connectivity index (χ3n) is 7.77. The first kappa shape index (κ1) is 21.4. The number of piperidine rings is 1. The van der Waals surface area contributed by atoms with E-state index >= 15 is 0 Å². The van der Waals surface area contributed by atoms with E-state index in [1.807, 2.05) is 0 Å². The quantitative estimate of drug-likeness (QED) is 0.582. The van der Waals surface area contributed by atoms with E-state index in [1.54, 1.807) is 24.5 Å². The molecule has 174 valence electrons. The number of ketones is 1. The monoisotopic (exact) mass is 471 g/mol. The van der Waals surface area contributed by atoms with Crippen molar-refractivity contribution in [2.24, 2.45) is 23.2 Å². The highest BCUT2D eigenvalue weighted by atomic mass is 35.5. The molecular formula is C25H27ClFN3O3. The number of rotatable bonds is 5. The lowest BCUT2D eigenvalue weighted by Crippen LogP contribution is -2.37. The number of carbonyl (C=O) groups excluding carboxylic acids is 1. The third-order valence-corrected chi connectivity index (χ3v) is 7.97. The molecule has 2 saturated carbocycles. The topological polar surface area (TPSA) is 64.6 Å². The molecule has 0 bridgehead atoms. The second kappa shape index (κ2) is 8.29. The maximum atomic E-state index is 14.5. The van der Waals surface area contributed by atoms with E-state index in [-0.39, 0.29) is 22.7 Å². The molecule has 2 aliphatic carbocycles. The van der Waals surface area contributed by atoms with Crippen LogP contribution in [0.2, 0.25) is 5.02 Å². The number of halogens is 2. The van der Waals surface area contributed by atoms with Gasteiger partial charge in [-0.2, -0.15) is 0 Å². The van der Waals surface area contributed by atoms with Crippen molar-refractivity contribution >= 4 is 23.3 Å². The summed E-state index contributed by atoms with van der Waals surface area (Å²) in [6, 6.07) is 4.75. The van der Waals surface area contributed by atoms with E-state index in [0.717, 1.165) is 51.1 Å². The molecule has 0 amide bonds. The van der Waals surface area contributed by atoms with Crippen LogP contribution in [0, 0.1) is 29.0 Å². The predicted octanol–water partition coefficient (Wildman–Crippen LogP) is 4.83. The van der Waals surface area contributed by atoms with Gasteiger partial charge in [0.25, 0.3) is 0 Å². The van der Waals surface area contributed by atoms with Crippen molar-refractivity contribution in [3.8, 4) is 0 Å². The highest BCUT2D eigenvalue weighted by Crippen LogP contribution is 2.61. The number of hydrogen-bond donors (Lipinski definition) is 0. The van der Waals surface area contributed by atoms with Gasteiger partial charge < -0.3 is 14.4 Å². The third kappa shape index (κ3) is 4.15. The van der Waals surface area contributed by atoms with Crippen molar-refractivity contribution in [2.45, 2.75) is 38.4 Å². The Morgan fingerprint density at radius 2 is 1.79 bits per heavy atom. The molecule has 6 nitrogen and oxygen atoms in total. The van der Waals surface area contributed by atoms with Crippen LogP contribution in [-0.4, -0.2) is 42.1 Å². The van der Waals surface area contributed by atoms with Crippen LogP contribution in [0.5, 0.6) is 0 Å². The van der Waals surface area contributed by atoms with Crippen molar-refractivity contribution in [3.63, 3.8) is 0 Å². The van der Waals surface area contributed by atoms with Crippen LogP contribution in [0.25, 0.3) is 0 Å². The minimum absolute atomic E-state index is 0.00442. The standard InChI is InChI=1S/C25H27ClFN3O3/c26-18-11-28-24(29-12-18)30-7-5-15(6-8-30)20-10-25(20)13-32-23(33-14-25)17-3-4-19(21(27)9-17)22(31)16-1-2-16/h3-4,9,11-12,15-16,20,23H,1-2,5-8,10,13-14H2/t20-,23-,25-/m1/s1. The Hall–Kier alpha value is -2.09. The molecule has 6 rings (SSSR count). The Balaban J connectivity index is 1.03. The van der Waals surface area contributed by atoms with Gasteiger partial charge in [0, 0.05) is 30.0 Å². The van der Waals surface area contributed by atoms with E-state index in [0.29, 0.717) is 35.6 Å². The normalized spacial score (nSPS) is 29.9. The Bertz CT molecular complexity index is 1050. The summed E-state index contributed by atoms with van der Waals surface area (Å²) in [6.45, 7) is 3.14. The SMILES string of the molecule is O=C(c1ccc([C@H]2OC[C@]3(CO2)C[C@@H]3C2CCN(c3ncc(Cl)cn3)CC2)cc1F)C1CC1. The van der Waals surface area contributed by atoms with Crippen LogP contribution in [0.3, 0.4) is 0 Å². The van der Waals surface area contributed by atoms with E-state index in [2.05, 4.69) is 14.9 Å². The molecule has 33 heavy (non-hydrogen) atoms. The summed E-state index contributed by atoms with van der Waals surface area (Å²) in [5.74, 6) is 1.43. The minimum Gasteiger partial charge on any atom is -0.348 e. The van der Waals surface area contributed by atoms with Gasteiger partial charge in [0.1, 0.15) is 5.82 Å². The summed E-state index contributed by atoms with van der Waals surface area (Å²) in [5, 5.41) is 0.551. The Morgan fingerprint density at radius 1 is 1.09 bits per heavy atom. The summed E-state index contributed by atoms with van der Waals surface area (Å²) < 4.78 is 26.7. The van der Waals surface area contributed by atoms with Crippen LogP contribution in [-0.2, 0) is 9.47 Å². The van der Waals surface area contributed by atoms with Gasteiger partial charge >= 0.3 is 0 Å². The summed E-state index contributed by atoms with van der Waals surface area (Å²) in [7, 11) is 0. The molecule has 1 aromatic heterocycles. The zero-order valence-corrected chi connectivity index (χ0v) is 19.1. The molecule has 0 N–H and O–H groups in total. The van der Waals surface area contributed by atoms with E-state index in [1.165, 1.54) is 6.07 Å². The van der Waals surface area contributed by atoms with E-state index in [4.69, 9.17) is 21.1 Å². The van der Waals surface area contributed by atoms with Gasteiger partial charge in [-0.1, -0.05) is 17.7 Å². The van der Waals surface area contributed by atoms with Crippen LogP contribution in [0.15, 0.2) is 30.6 Å². The average molecular weight is 472 g/mol. The number of ether oxygens (including phenoxy) is 2. The number of Topliss-reactive ketones (excluding diaryl/α,β-unsaturated/α-hetero) is 1. The average Bonchev–Trinajstić information content (AvgIpc) is 3.77. The fraction of sp³-hybridized carbons (Fsp3) is 0.560. The van der Waals surface area contributed by atoms with Gasteiger partial charge in [-0.15, -0.1) is 0 Å². The summed E-state index contributed by atoms with van der Waals surface area (Å²) >= 11 is 5.90. The Morgan fingerprint density at radius 3 is 2.42 bits per heavy atom. The zero-order chi connectivity index (χ0) is 22.6. The molecule has 4 aliphatic rings. The van der Waals surface area contributed by atoms with Crippen molar-refractivity contribution < 1.29 is 18.7 Å². The molecule has 8 heteroatoms. The van der Waals surface area contributed by atoms with Gasteiger partial charge in [-0.25, -0.2) is 14.4 Å². The number of benzene rings is 1. The number of carbonyl (C=O) groups is 1. The highest BCUT2D eigenvalue weighted by Gasteiger charge is 2.59. The molecule has 1 atom stereocenters. The number of hydrogen-bond acceptors (Lipinski definition) is 6. The molecule has 0 unspecified atom stereocenters. The van der Waals surface area contributed by atoms with E-state index in [9.17, 15) is 9.18 Å². The lowest BCUT2D eigenvalue weighted by molar-refractivity contribution is -0.216. The maximum Gasteiger partial charge on any atom is 0.225 e. The molecule has 4 fully saturated rings.